The number of benzene rings is 2. The summed E-state index contributed by atoms with van der Waals surface area (Å²) in [7, 11) is 0. The van der Waals surface area contributed by atoms with E-state index >= 15 is 0 Å². The Balaban J connectivity index is 1.86. The average Bonchev–Trinajstić information content (AvgIpc) is 3.00. The number of nitrogens with zero attached hydrogens (tertiary/aromatic N) is 1. The molecule has 2 aromatic carbocycles. The maximum atomic E-state index is 13.9. The van der Waals surface area contributed by atoms with Crippen molar-refractivity contribution in [1.29, 1.82) is 0 Å². The Labute approximate surface area is 285 Å². The molecule has 14 heteroatoms. The Hall–Kier alpha value is -5.40. The molecule has 0 saturated heterocycles. The molecule has 1 heterocycles. The molecule has 0 aliphatic carbocycles. The molecule has 8 N–H and O–H groups in total. The van der Waals surface area contributed by atoms with E-state index in [-0.39, 0.29) is 31.3 Å². The molecule has 0 radical (unpaired) electrons. The number of alkyl carbamates (subject to hydrolysis) is 1. The van der Waals surface area contributed by atoms with Gasteiger partial charge < -0.3 is 41.9 Å². The second kappa shape index (κ2) is 17.1. The van der Waals surface area contributed by atoms with Gasteiger partial charge in [-0.2, -0.15) is 0 Å². The van der Waals surface area contributed by atoms with E-state index in [1.807, 2.05) is 18.2 Å². The van der Waals surface area contributed by atoms with E-state index in [9.17, 15) is 24.0 Å². The van der Waals surface area contributed by atoms with Gasteiger partial charge in [0.15, 0.2) is 5.96 Å². The van der Waals surface area contributed by atoms with Crippen LogP contribution in [0.15, 0.2) is 68.8 Å². The summed E-state index contributed by atoms with van der Waals surface area (Å²) in [6.07, 6.45) is -0.184. The van der Waals surface area contributed by atoms with Gasteiger partial charge >= 0.3 is 11.7 Å². The van der Waals surface area contributed by atoms with Crippen LogP contribution in [0.1, 0.15) is 58.6 Å². The number of fused-ring (bicyclic) bond motifs is 1. The van der Waals surface area contributed by atoms with Gasteiger partial charge in [0.2, 0.25) is 17.7 Å². The monoisotopic (exact) mass is 677 g/mol. The van der Waals surface area contributed by atoms with Crippen molar-refractivity contribution < 1.29 is 28.3 Å². The zero-order valence-electron chi connectivity index (χ0n) is 28.8. The quantitative estimate of drug-likeness (QED) is 0.0638. The van der Waals surface area contributed by atoms with Crippen molar-refractivity contribution in [3.63, 3.8) is 0 Å². The smallest absolute Gasteiger partial charge is 0.408 e. The number of nitrogens with one attached hydrogen (secondary N) is 4. The summed E-state index contributed by atoms with van der Waals surface area (Å²) in [4.78, 5) is 69.6. The normalized spacial score (nSPS) is 13.1. The molecule has 0 unspecified atom stereocenters. The van der Waals surface area contributed by atoms with Crippen molar-refractivity contribution in [1.82, 2.24) is 16.0 Å². The predicted molar refractivity (Wildman–Crippen MR) is 188 cm³/mol. The molecular formula is C35H47N7O7. The van der Waals surface area contributed by atoms with Crippen LogP contribution in [-0.2, 0) is 25.5 Å². The lowest BCUT2D eigenvalue weighted by Crippen LogP contribution is -2.58. The molecule has 0 fully saturated rings. The molecule has 3 rings (SSSR count). The van der Waals surface area contributed by atoms with Gasteiger partial charge in [-0.25, -0.2) is 9.59 Å². The Kier molecular flexibility index (Phi) is 13.3. The van der Waals surface area contributed by atoms with Crippen LogP contribution in [0.4, 0.5) is 10.5 Å². The van der Waals surface area contributed by atoms with Crippen molar-refractivity contribution in [3.8, 4) is 0 Å². The molecule has 0 aliphatic rings. The number of ether oxygens (including phenoxy) is 1. The number of amides is 4. The van der Waals surface area contributed by atoms with Crippen molar-refractivity contribution >= 4 is 46.4 Å². The molecule has 264 valence electrons. The Bertz CT molecular complexity index is 1710. The molecule has 1 aromatic heterocycles. The van der Waals surface area contributed by atoms with Gasteiger partial charge in [0.05, 0.1) is 0 Å². The number of guanidine groups is 1. The molecule has 0 aliphatic heterocycles. The summed E-state index contributed by atoms with van der Waals surface area (Å²) < 4.78 is 10.7. The fourth-order valence-electron chi connectivity index (χ4n) is 4.97. The van der Waals surface area contributed by atoms with E-state index in [0.717, 1.165) is 11.1 Å². The van der Waals surface area contributed by atoms with Crippen LogP contribution in [0.25, 0.3) is 11.0 Å². The third kappa shape index (κ3) is 12.3. The molecule has 14 nitrogen and oxygen atoms in total. The summed E-state index contributed by atoms with van der Waals surface area (Å²) in [6.45, 7) is 10.6. The molecule has 4 amide bonds. The maximum absolute atomic E-state index is 13.9. The number of hydrogen-bond donors (Lipinski definition) is 6. The minimum absolute atomic E-state index is 0.0983. The topological polar surface area (TPSA) is 220 Å². The second-order valence-electron chi connectivity index (χ2n) is 13.1. The van der Waals surface area contributed by atoms with Gasteiger partial charge in [-0.05, 0) is 69.7 Å². The van der Waals surface area contributed by atoms with E-state index in [1.165, 1.54) is 12.1 Å². The minimum Gasteiger partial charge on any atom is -0.444 e. The first-order chi connectivity index (χ1) is 23.0. The second-order valence-corrected chi connectivity index (χ2v) is 13.1. The maximum Gasteiger partial charge on any atom is 0.408 e. The lowest BCUT2D eigenvalue weighted by Gasteiger charge is -2.28. The Morgan fingerprint density at radius 2 is 1.57 bits per heavy atom. The number of hydrogen-bond acceptors (Lipinski definition) is 8. The van der Waals surface area contributed by atoms with Crippen molar-refractivity contribution in [2.24, 2.45) is 22.4 Å². The lowest BCUT2D eigenvalue weighted by atomic mass is 10.0. The number of carbonyl (C=O) groups excluding carboxylic acids is 4. The fourth-order valence-corrected chi connectivity index (χ4v) is 4.97. The molecule has 3 aromatic rings. The van der Waals surface area contributed by atoms with E-state index in [0.29, 0.717) is 23.1 Å². The largest absolute Gasteiger partial charge is 0.444 e. The van der Waals surface area contributed by atoms with Gasteiger partial charge in [0, 0.05) is 36.2 Å². The molecule has 0 spiro atoms. The molecule has 0 bridgehead atoms. The standard InChI is InChI=1S/C35H47N7O7/c1-20(2)29(42-34(47)49-35(4,5)6)32(46)41-26(18-22-11-8-7-9-12-22)31(45)40-25(13-10-16-38-33(36)37)30(44)39-23-14-15-24-21(3)17-28(43)48-27(24)19-23/h7-9,11-12,14-15,17,19-20,25-26,29H,10,13,16,18H2,1-6H3,(H,39,44)(H,40,45)(H,41,46)(H,42,47)(H4,36,37,38)/t25-,26-,29-/m0/s1. The van der Waals surface area contributed by atoms with Crippen LogP contribution in [0.5, 0.6) is 0 Å². The van der Waals surface area contributed by atoms with Crippen LogP contribution < -0.4 is 38.4 Å². The third-order valence-electron chi connectivity index (χ3n) is 7.33. The zero-order valence-corrected chi connectivity index (χ0v) is 28.8. The Morgan fingerprint density at radius 3 is 2.20 bits per heavy atom. The molecule has 49 heavy (non-hydrogen) atoms. The SMILES string of the molecule is Cc1cc(=O)oc2cc(NC(=O)[C@H](CCCN=C(N)N)NC(=O)[C@H](Cc3ccccc3)NC(=O)[C@@H](NC(=O)OC(C)(C)C)C(C)C)ccc12. The first-order valence-corrected chi connectivity index (χ1v) is 16.1. The fraction of sp³-hybridized carbons (Fsp3) is 0.429. The van der Waals surface area contributed by atoms with Gasteiger partial charge in [-0.1, -0.05) is 44.2 Å². The number of nitrogens with two attached hydrogens (primary N) is 2. The average molecular weight is 678 g/mol. The van der Waals surface area contributed by atoms with E-state index in [4.69, 9.17) is 20.6 Å². The van der Waals surface area contributed by atoms with Gasteiger partial charge in [0.1, 0.15) is 29.3 Å². The summed E-state index contributed by atoms with van der Waals surface area (Å²) in [5.41, 5.74) is 11.7. The molecule has 3 atom stereocenters. The van der Waals surface area contributed by atoms with Crippen molar-refractivity contribution in [3.05, 3.63) is 76.1 Å². The van der Waals surface area contributed by atoms with Gasteiger partial charge in [-0.15, -0.1) is 0 Å². The summed E-state index contributed by atoms with van der Waals surface area (Å²) in [6, 6.07) is 12.1. The van der Waals surface area contributed by atoms with Gasteiger partial charge in [0.25, 0.3) is 0 Å². The predicted octanol–water partition coefficient (Wildman–Crippen LogP) is 2.86. The number of rotatable bonds is 14. The molecular weight excluding hydrogens is 630 g/mol. The summed E-state index contributed by atoms with van der Waals surface area (Å²) in [5, 5.41) is 11.6. The van der Waals surface area contributed by atoms with Crippen LogP contribution in [-0.4, -0.2) is 60.0 Å². The summed E-state index contributed by atoms with van der Waals surface area (Å²) >= 11 is 0. The first kappa shape index (κ1) is 38.1. The third-order valence-corrected chi connectivity index (χ3v) is 7.33. The Morgan fingerprint density at radius 1 is 0.898 bits per heavy atom. The van der Waals surface area contributed by atoms with E-state index in [2.05, 4.69) is 26.3 Å². The number of aryl methyl sites for hydroxylation is 1. The zero-order chi connectivity index (χ0) is 36.3. The highest BCUT2D eigenvalue weighted by atomic mass is 16.6. The van der Waals surface area contributed by atoms with Gasteiger partial charge in [-0.3, -0.25) is 19.4 Å². The number of aliphatic imine (C=N–C) groups is 1. The van der Waals surface area contributed by atoms with Crippen LogP contribution in [0.2, 0.25) is 0 Å². The van der Waals surface area contributed by atoms with E-state index in [1.54, 1.807) is 65.8 Å². The number of carbonyl (C=O) groups is 4. The van der Waals surface area contributed by atoms with E-state index < -0.39 is 53.2 Å². The van der Waals surface area contributed by atoms with Crippen LogP contribution >= 0.6 is 0 Å². The highest BCUT2D eigenvalue weighted by molar-refractivity contribution is 6.00. The molecule has 0 saturated carbocycles. The highest BCUT2D eigenvalue weighted by Crippen LogP contribution is 2.21. The first-order valence-electron chi connectivity index (χ1n) is 16.1. The highest BCUT2D eigenvalue weighted by Gasteiger charge is 2.32. The van der Waals surface area contributed by atoms with Crippen LogP contribution in [0, 0.1) is 12.8 Å². The lowest BCUT2D eigenvalue weighted by molar-refractivity contribution is -0.132. The van der Waals surface area contributed by atoms with Crippen molar-refractivity contribution in [2.45, 2.75) is 84.5 Å². The summed E-state index contributed by atoms with van der Waals surface area (Å²) in [5.74, 6) is -2.23. The number of anilines is 1. The minimum atomic E-state index is -1.12. The van der Waals surface area contributed by atoms with Crippen LogP contribution in [0.3, 0.4) is 0 Å². The van der Waals surface area contributed by atoms with Crippen molar-refractivity contribution in [2.75, 3.05) is 11.9 Å².